The molecule has 2 rings (SSSR count). The van der Waals surface area contributed by atoms with Crippen molar-refractivity contribution in [1.82, 2.24) is 4.90 Å². The van der Waals surface area contributed by atoms with Crippen LogP contribution < -0.4 is 0 Å². The van der Waals surface area contributed by atoms with Crippen molar-refractivity contribution in [2.75, 3.05) is 20.2 Å². The van der Waals surface area contributed by atoms with Crippen LogP contribution in [0.15, 0.2) is 17.5 Å². The molecule has 15 heavy (non-hydrogen) atoms. The van der Waals surface area contributed by atoms with Crippen LogP contribution in [-0.4, -0.2) is 36.1 Å². The van der Waals surface area contributed by atoms with E-state index in [0.29, 0.717) is 6.54 Å². The summed E-state index contributed by atoms with van der Waals surface area (Å²) in [5.74, 6) is -0.0162. The number of hydrogen-bond donors (Lipinski definition) is 1. The van der Waals surface area contributed by atoms with E-state index in [1.165, 1.54) is 16.2 Å². The number of amides is 1. The summed E-state index contributed by atoms with van der Waals surface area (Å²) in [6.07, 6.45) is 0. The molecular formula is C10H11NO2S2. The lowest BCUT2D eigenvalue weighted by atomic mass is 10.4. The number of likely N-dealkylation sites (N-methyl/N-ethyl adjacent to an activating group) is 1. The number of nitrogens with zero attached hydrogens (tertiary/aromatic N) is 1. The molecule has 0 aromatic carbocycles. The molecule has 0 fully saturated rings. The highest BCUT2D eigenvalue weighted by atomic mass is 32.1. The Balaban J connectivity index is 2.23. The zero-order chi connectivity index (χ0) is 10.8. The number of aliphatic hydroxyl groups is 1. The molecule has 0 radical (unpaired) electrons. The standard InChI is InChI=1S/C10H11NO2S2/c1-11(3-4-12)10(13)9-6-8-7(15-9)2-5-14-8/h2,5-6,12H,3-4H2,1H3. The first kappa shape index (κ1) is 10.6. The van der Waals surface area contributed by atoms with Gasteiger partial charge in [-0.1, -0.05) is 0 Å². The SMILES string of the molecule is CN(CCO)C(=O)c1cc2sccc2s1. The highest BCUT2D eigenvalue weighted by Crippen LogP contribution is 2.30. The third-order valence-corrected chi connectivity index (χ3v) is 4.21. The average molecular weight is 241 g/mol. The summed E-state index contributed by atoms with van der Waals surface area (Å²) >= 11 is 3.14. The van der Waals surface area contributed by atoms with Crippen molar-refractivity contribution >= 4 is 38.0 Å². The molecule has 0 saturated heterocycles. The number of carbonyl (C=O) groups is 1. The average Bonchev–Trinajstić information content (AvgIpc) is 2.75. The van der Waals surface area contributed by atoms with Crippen LogP contribution in [0.5, 0.6) is 0 Å². The number of hydrogen-bond acceptors (Lipinski definition) is 4. The molecule has 1 amide bonds. The lowest BCUT2D eigenvalue weighted by Crippen LogP contribution is -2.28. The highest BCUT2D eigenvalue weighted by Gasteiger charge is 2.14. The van der Waals surface area contributed by atoms with Gasteiger partial charge in [-0.05, 0) is 17.5 Å². The highest BCUT2D eigenvalue weighted by molar-refractivity contribution is 7.27. The summed E-state index contributed by atoms with van der Waals surface area (Å²) < 4.78 is 2.31. The van der Waals surface area contributed by atoms with Gasteiger partial charge in [-0.2, -0.15) is 0 Å². The fraction of sp³-hybridized carbons (Fsp3) is 0.300. The van der Waals surface area contributed by atoms with Crippen molar-refractivity contribution < 1.29 is 9.90 Å². The molecule has 0 aliphatic rings. The summed E-state index contributed by atoms with van der Waals surface area (Å²) in [4.78, 5) is 14.1. The number of fused-ring (bicyclic) bond motifs is 1. The number of rotatable bonds is 3. The van der Waals surface area contributed by atoms with E-state index in [0.717, 1.165) is 14.3 Å². The normalized spacial score (nSPS) is 10.8. The predicted molar refractivity (Wildman–Crippen MR) is 63.7 cm³/mol. The molecule has 0 atom stereocenters. The Labute approximate surface area is 95.6 Å². The van der Waals surface area contributed by atoms with Gasteiger partial charge in [-0.15, -0.1) is 22.7 Å². The van der Waals surface area contributed by atoms with Crippen molar-refractivity contribution in [2.24, 2.45) is 0 Å². The maximum atomic E-state index is 11.8. The second-order valence-corrected chi connectivity index (χ2v) is 5.24. The minimum atomic E-state index is -0.0162. The molecule has 5 heteroatoms. The summed E-state index contributed by atoms with van der Waals surface area (Å²) in [6.45, 7) is 0.381. The summed E-state index contributed by atoms with van der Waals surface area (Å²) in [5.41, 5.74) is 0. The maximum absolute atomic E-state index is 11.8. The first-order chi connectivity index (χ1) is 7.22. The van der Waals surface area contributed by atoms with Crippen LogP contribution in [0, 0.1) is 0 Å². The molecule has 1 N–H and O–H groups in total. The minimum Gasteiger partial charge on any atom is -0.395 e. The van der Waals surface area contributed by atoms with Crippen LogP contribution in [0.1, 0.15) is 9.67 Å². The van der Waals surface area contributed by atoms with Gasteiger partial charge in [0.25, 0.3) is 5.91 Å². The molecule has 0 spiro atoms. The van der Waals surface area contributed by atoms with Gasteiger partial charge in [-0.3, -0.25) is 4.79 Å². The van der Waals surface area contributed by atoms with Gasteiger partial charge >= 0.3 is 0 Å². The van der Waals surface area contributed by atoms with Crippen LogP contribution >= 0.6 is 22.7 Å². The Morgan fingerprint density at radius 1 is 1.53 bits per heavy atom. The molecule has 0 aliphatic heterocycles. The van der Waals surface area contributed by atoms with Crippen molar-refractivity contribution in [2.45, 2.75) is 0 Å². The Kier molecular flexibility index (Phi) is 3.04. The van der Waals surface area contributed by atoms with Crippen LogP contribution in [0.25, 0.3) is 9.40 Å². The Bertz CT molecular complexity index is 446. The molecule has 0 saturated carbocycles. The first-order valence-electron chi connectivity index (χ1n) is 4.55. The van der Waals surface area contributed by atoms with Gasteiger partial charge < -0.3 is 10.0 Å². The lowest BCUT2D eigenvalue weighted by molar-refractivity contribution is 0.0772. The van der Waals surface area contributed by atoms with Crippen molar-refractivity contribution in [3.63, 3.8) is 0 Å². The van der Waals surface area contributed by atoms with E-state index in [4.69, 9.17) is 5.11 Å². The van der Waals surface area contributed by atoms with Gasteiger partial charge in [0.2, 0.25) is 0 Å². The largest absolute Gasteiger partial charge is 0.395 e. The smallest absolute Gasteiger partial charge is 0.263 e. The second kappa shape index (κ2) is 4.30. The lowest BCUT2D eigenvalue weighted by Gasteiger charge is -2.13. The number of aliphatic hydroxyl groups excluding tert-OH is 1. The van der Waals surface area contributed by atoms with E-state index in [9.17, 15) is 4.79 Å². The van der Waals surface area contributed by atoms with E-state index >= 15 is 0 Å². The third-order valence-electron chi connectivity index (χ3n) is 2.13. The zero-order valence-electron chi connectivity index (χ0n) is 8.27. The number of thiophene rings is 2. The zero-order valence-corrected chi connectivity index (χ0v) is 9.90. The molecule has 0 unspecified atom stereocenters. The fourth-order valence-corrected chi connectivity index (χ4v) is 3.41. The van der Waals surface area contributed by atoms with Gasteiger partial charge in [0.05, 0.1) is 11.5 Å². The molecule has 80 valence electrons. The Morgan fingerprint density at radius 2 is 2.33 bits per heavy atom. The van der Waals surface area contributed by atoms with E-state index in [1.807, 2.05) is 17.5 Å². The summed E-state index contributed by atoms with van der Waals surface area (Å²) in [7, 11) is 1.70. The number of carbonyl (C=O) groups excluding carboxylic acids is 1. The van der Waals surface area contributed by atoms with Crippen molar-refractivity contribution in [1.29, 1.82) is 0 Å². The molecule has 2 aromatic heterocycles. The fourth-order valence-electron chi connectivity index (χ4n) is 1.31. The van der Waals surface area contributed by atoms with Crippen LogP contribution in [0.4, 0.5) is 0 Å². The van der Waals surface area contributed by atoms with Gasteiger partial charge in [-0.25, -0.2) is 0 Å². The topological polar surface area (TPSA) is 40.5 Å². The molecule has 0 bridgehead atoms. The van der Waals surface area contributed by atoms with Crippen LogP contribution in [-0.2, 0) is 0 Å². The molecule has 3 nitrogen and oxygen atoms in total. The van der Waals surface area contributed by atoms with Crippen LogP contribution in [0.3, 0.4) is 0 Å². The second-order valence-electron chi connectivity index (χ2n) is 3.21. The Morgan fingerprint density at radius 3 is 3.00 bits per heavy atom. The molecule has 2 heterocycles. The van der Waals surface area contributed by atoms with E-state index in [-0.39, 0.29) is 12.5 Å². The summed E-state index contributed by atoms with van der Waals surface area (Å²) in [5, 5.41) is 10.8. The monoisotopic (exact) mass is 241 g/mol. The maximum Gasteiger partial charge on any atom is 0.263 e. The summed E-state index contributed by atoms with van der Waals surface area (Å²) in [6, 6.07) is 3.94. The molecule has 2 aromatic rings. The molecule has 0 aliphatic carbocycles. The van der Waals surface area contributed by atoms with Gasteiger partial charge in [0.15, 0.2) is 0 Å². The first-order valence-corrected chi connectivity index (χ1v) is 6.25. The third kappa shape index (κ3) is 2.04. The van der Waals surface area contributed by atoms with E-state index < -0.39 is 0 Å². The van der Waals surface area contributed by atoms with Crippen LogP contribution in [0.2, 0.25) is 0 Å². The molecular weight excluding hydrogens is 230 g/mol. The van der Waals surface area contributed by atoms with Gasteiger partial charge in [0, 0.05) is 23.0 Å². The van der Waals surface area contributed by atoms with Gasteiger partial charge in [0.1, 0.15) is 0 Å². The quantitative estimate of drug-likeness (QED) is 0.893. The van der Waals surface area contributed by atoms with Crippen molar-refractivity contribution in [3.8, 4) is 0 Å². The predicted octanol–water partition coefficient (Wildman–Crippen LogP) is 2.03. The minimum absolute atomic E-state index is 0.00197. The van der Waals surface area contributed by atoms with Crippen molar-refractivity contribution in [3.05, 3.63) is 22.4 Å². The Hall–Kier alpha value is -0.910. The van der Waals surface area contributed by atoms with E-state index in [1.54, 1.807) is 18.4 Å². The van der Waals surface area contributed by atoms with E-state index in [2.05, 4.69) is 0 Å².